The Morgan fingerprint density at radius 2 is 1.91 bits per heavy atom. The minimum absolute atomic E-state index is 0.460. The zero-order chi connectivity index (χ0) is 16.1. The normalized spacial score (nSPS) is 11.0. The monoisotopic (exact) mass is 324 g/mol. The van der Waals surface area contributed by atoms with Crippen LogP contribution in [0, 0.1) is 4.77 Å². The summed E-state index contributed by atoms with van der Waals surface area (Å²) in [5.74, 6) is 1.52. The second-order valence-corrected chi connectivity index (χ2v) is 5.29. The summed E-state index contributed by atoms with van der Waals surface area (Å²) < 4.78 is 7.42. The second kappa shape index (κ2) is 7.02. The molecule has 0 atom stereocenters. The predicted octanol–water partition coefficient (Wildman–Crippen LogP) is 3.42. The van der Waals surface area contributed by atoms with Gasteiger partial charge in [-0.1, -0.05) is 42.5 Å². The molecule has 0 bridgehead atoms. The van der Waals surface area contributed by atoms with Gasteiger partial charge in [0.15, 0.2) is 5.82 Å². The van der Waals surface area contributed by atoms with Gasteiger partial charge >= 0.3 is 0 Å². The van der Waals surface area contributed by atoms with E-state index < -0.39 is 0 Å². The molecule has 0 saturated heterocycles. The van der Waals surface area contributed by atoms with E-state index in [1.54, 1.807) is 18.0 Å². The zero-order valence-electron chi connectivity index (χ0n) is 12.6. The van der Waals surface area contributed by atoms with Gasteiger partial charge in [0.2, 0.25) is 4.77 Å². The Bertz CT molecular complexity index is 868. The van der Waals surface area contributed by atoms with Crippen molar-refractivity contribution in [3.63, 3.8) is 0 Å². The number of aromatic nitrogens is 3. The lowest BCUT2D eigenvalue weighted by atomic mass is 10.1. The molecule has 0 unspecified atom stereocenters. The minimum atomic E-state index is 0.460. The molecular formula is C17H16N4OS. The van der Waals surface area contributed by atoms with E-state index in [2.05, 4.69) is 15.3 Å². The van der Waals surface area contributed by atoms with E-state index >= 15 is 0 Å². The van der Waals surface area contributed by atoms with Gasteiger partial charge in [0.05, 0.1) is 13.3 Å². The van der Waals surface area contributed by atoms with Crippen LogP contribution in [0.1, 0.15) is 17.0 Å². The van der Waals surface area contributed by atoms with Crippen molar-refractivity contribution < 1.29 is 4.74 Å². The molecule has 1 heterocycles. The molecule has 2 aromatic carbocycles. The second-order valence-electron chi connectivity index (χ2n) is 4.91. The highest BCUT2D eigenvalue weighted by Crippen LogP contribution is 2.15. The average molecular weight is 324 g/mol. The Kier molecular flexibility index (Phi) is 4.63. The average Bonchev–Trinajstić information content (AvgIpc) is 2.94. The van der Waals surface area contributed by atoms with Crippen LogP contribution in [-0.2, 0) is 6.42 Å². The van der Waals surface area contributed by atoms with E-state index in [1.165, 1.54) is 0 Å². The summed E-state index contributed by atoms with van der Waals surface area (Å²) >= 11 is 5.27. The Hall–Kier alpha value is -2.73. The standard InChI is InChI=1S/C17H16N4OS/c1-22-15-10-6-5-9-14(15)12-18-21-16(19-20-17(21)23)11-13-7-3-2-4-8-13/h2-10,12H,11H2,1H3,(H,20,23)/b18-12-. The molecule has 0 aliphatic heterocycles. The number of hydrogen-bond acceptors (Lipinski definition) is 4. The molecule has 6 heteroatoms. The van der Waals surface area contributed by atoms with Crippen molar-refractivity contribution in [1.82, 2.24) is 14.9 Å². The minimum Gasteiger partial charge on any atom is -0.496 e. The van der Waals surface area contributed by atoms with Crippen LogP contribution in [0.25, 0.3) is 0 Å². The van der Waals surface area contributed by atoms with E-state index in [4.69, 9.17) is 17.0 Å². The van der Waals surface area contributed by atoms with Crippen LogP contribution in [0.3, 0.4) is 0 Å². The summed E-state index contributed by atoms with van der Waals surface area (Å²) in [6.45, 7) is 0. The fourth-order valence-corrected chi connectivity index (χ4v) is 2.43. The summed E-state index contributed by atoms with van der Waals surface area (Å²) in [4.78, 5) is 0. The molecule has 116 valence electrons. The largest absolute Gasteiger partial charge is 0.496 e. The number of hydrogen-bond donors (Lipinski definition) is 1. The van der Waals surface area contributed by atoms with Gasteiger partial charge in [0, 0.05) is 12.0 Å². The molecule has 23 heavy (non-hydrogen) atoms. The summed E-state index contributed by atoms with van der Waals surface area (Å²) in [5, 5.41) is 11.5. The Morgan fingerprint density at radius 3 is 2.70 bits per heavy atom. The molecule has 0 amide bonds. The molecule has 1 N–H and O–H groups in total. The first kappa shape index (κ1) is 15.2. The Balaban J connectivity index is 1.90. The number of aromatic amines is 1. The summed E-state index contributed by atoms with van der Waals surface area (Å²) in [5.41, 5.74) is 2.03. The van der Waals surface area contributed by atoms with Crippen LogP contribution < -0.4 is 4.74 Å². The van der Waals surface area contributed by atoms with E-state index in [-0.39, 0.29) is 0 Å². The molecule has 5 nitrogen and oxygen atoms in total. The number of ether oxygens (including phenoxy) is 1. The Labute approximate surface area is 139 Å². The molecule has 0 aliphatic carbocycles. The lowest BCUT2D eigenvalue weighted by Crippen LogP contribution is -2.01. The lowest BCUT2D eigenvalue weighted by Gasteiger charge is -2.04. The molecule has 3 aromatic rings. The number of H-pyrrole nitrogens is 1. The van der Waals surface area contributed by atoms with Crippen molar-refractivity contribution in [2.24, 2.45) is 5.10 Å². The first-order valence-electron chi connectivity index (χ1n) is 7.15. The van der Waals surface area contributed by atoms with E-state index in [0.717, 1.165) is 22.7 Å². The van der Waals surface area contributed by atoms with Gasteiger partial charge in [-0.25, -0.2) is 0 Å². The van der Waals surface area contributed by atoms with Gasteiger partial charge in [-0.05, 0) is 29.9 Å². The van der Waals surface area contributed by atoms with Crippen LogP contribution in [0.5, 0.6) is 5.75 Å². The molecule has 3 rings (SSSR count). The first-order chi connectivity index (χ1) is 11.3. The maximum atomic E-state index is 5.32. The zero-order valence-corrected chi connectivity index (χ0v) is 13.5. The number of nitrogens with one attached hydrogen (secondary N) is 1. The maximum absolute atomic E-state index is 5.32. The van der Waals surface area contributed by atoms with Crippen LogP contribution in [0.2, 0.25) is 0 Å². The van der Waals surface area contributed by atoms with Crippen LogP contribution >= 0.6 is 12.2 Å². The first-order valence-corrected chi connectivity index (χ1v) is 7.56. The highest BCUT2D eigenvalue weighted by Gasteiger charge is 2.06. The highest BCUT2D eigenvalue weighted by atomic mass is 32.1. The summed E-state index contributed by atoms with van der Waals surface area (Å²) in [6, 6.07) is 17.8. The fourth-order valence-electron chi connectivity index (χ4n) is 2.23. The number of benzene rings is 2. The highest BCUT2D eigenvalue weighted by molar-refractivity contribution is 7.71. The van der Waals surface area contributed by atoms with E-state index in [0.29, 0.717) is 11.2 Å². The van der Waals surface area contributed by atoms with Crippen LogP contribution in [0.4, 0.5) is 0 Å². The molecular weight excluding hydrogens is 308 g/mol. The van der Waals surface area contributed by atoms with Crippen molar-refractivity contribution in [1.29, 1.82) is 0 Å². The van der Waals surface area contributed by atoms with Crippen molar-refractivity contribution in [2.75, 3.05) is 7.11 Å². The van der Waals surface area contributed by atoms with Crippen LogP contribution in [0.15, 0.2) is 59.7 Å². The summed E-state index contributed by atoms with van der Waals surface area (Å²) in [6.07, 6.45) is 2.37. The lowest BCUT2D eigenvalue weighted by molar-refractivity contribution is 0.414. The van der Waals surface area contributed by atoms with Gasteiger partial charge < -0.3 is 4.74 Å². The number of rotatable bonds is 5. The molecule has 0 fully saturated rings. The topological polar surface area (TPSA) is 55.2 Å². The van der Waals surface area contributed by atoms with E-state index in [1.807, 2.05) is 54.6 Å². The molecule has 0 spiro atoms. The predicted molar refractivity (Wildman–Crippen MR) is 92.6 cm³/mol. The van der Waals surface area contributed by atoms with Crippen molar-refractivity contribution in [2.45, 2.75) is 6.42 Å². The smallest absolute Gasteiger partial charge is 0.216 e. The number of methoxy groups -OCH3 is 1. The molecule has 0 saturated carbocycles. The number of para-hydroxylation sites is 1. The Morgan fingerprint density at radius 1 is 1.17 bits per heavy atom. The van der Waals surface area contributed by atoms with Gasteiger partial charge in [0.25, 0.3) is 0 Å². The van der Waals surface area contributed by atoms with Gasteiger partial charge in [-0.15, -0.1) is 0 Å². The third-order valence-corrected chi connectivity index (χ3v) is 3.64. The fraction of sp³-hybridized carbons (Fsp3) is 0.118. The van der Waals surface area contributed by atoms with Gasteiger partial charge in [-0.2, -0.15) is 14.9 Å². The maximum Gasteiger partial charge on any atom is 0.216 e. The van der Waals surface area contributed by atoms with Crippen molar-refractivity contribution >= 4 is 18.4 Å². The molecule has 0 radical (unpaired) electrons. The third-order valence-electron chi connectivity index (χ3n) is 3.37. The quantitative estimate of drug-likeness (QED) is 0.578. The SMILES string of the molecule is COc1ccccc1/C=N\n1c(Cc2ccccc2)n[nH]c1=S. The van der Waals surface area contributed by atoms with Crippen molar-refractivity contribution in [3.8, 4) is 5.75 Å². The molecule has 1 aromatic heterocycles. The van der Waals surface area contributed by atoms with E-state index in [9.17, 15) is 0 Å². The van der Waals surface area contributed by atoms with Crippen molar-refractivity contribution in [3.05, 3.63) is 76.3 Å². The number of nitrogens with zero attached hydrogens (tertiary/aromatic N) is 3. The summed E-state index contributed by atoms with van der Waals surface area (Å²) in [7, 11) is 1.64. The third kappa shape index (κ3) is 3.54. The van der Waals surface area contributed by atoms with Gasteiger partial charge in [-0.3, -0.25) is 5.10 Å². The molecule has 0 aliphatic rings. The van der Waals surface area contributed by atoms with Gasteiger partial charge in [0.1, 0.15) is 5.75 Å². The van der Waals surface area contributed by atoms with Crippen LogP contribution in [-0.4, -0.2) is 28.2 Å².